The maximum absolute atomic E-state index is 12.7. The molecule has 0 aromatic heterocycles. The van der Waals surface area contributed by atoms with Crippen LogP contribution in [0.3, 0.4) is 0 Å². The topological polar surface area (TPSA) is 75.7 Å². The van der Waals surface area contributed by atoms with Crippen molar-refractivity contribution < 1.29 is 17.9 Å². The van der Waals surface area contributed by atoms with Crippen LogP contribution in [-0.4, -0.2) is 37.8 Å². The number of ether oxygens (including phenoxy) is 1. The second kappa shape index (κ2) is 10.5. The second-order valence-electron chi connectivity index (χ2n) is 8.09. The molecule has 1 aliphatic heterocycles. The lowest BCUT2D eigenvalue weighted by atomic mass is 9.97. The molecule has 8 heteroatoms. The molecule has 0 atom stereocenters. The first-order valence-corrected chi connectivity index (χ1v) is 12.5. The monoisotopic (exact) mass is 464 g/mol. The van der Waals surface area contributed by atoms with Crippen LogP contribution in [-0.2, 0) is 27.1 Å². The fourth-order valence-corrected chi connectivity index (χ4v) is 5.38. The van der Waals surface area contributed by atoms with Gasteiger partial charge in [0.1, 0.15) is 5.75 Å². The number of nitrogens with zero attached hydrogens (tertiary/aromatic N) is 1. The summed E-state index contributed by atoms with van der Waals surface area (Å²) in [7, 11) is -3.44. The fraction of sp³-hybridized carbons (Fsp3) is 0.435. The van der Waals surface area contributed by atoms with Gasteiger partial charge in [-0.3, -0.25) is 4.79 Å². The lowest BCUT2D eigenvalue weighted by molar-refractivity contribution is -0.126. The van der Waals surface area contributed by atoms with Crippen LogP contribution in [0.2, 0.25) is 5.02 Å². The maximum atomic E-state index is 12.7. The van der Waals surface area contributed by atoms with Crippen LogP contribution in [0.25, 0.3) is 0 Å². The van der Waals surface area contributed by atoms with Crippen molar-refractivity contribution in [2.75, 3.05) is 13.1 Å². The first-order chi connectivity index (χ1) is 14.7. The molecule has 1 heterocycles. The predicted molar refractivity (Wildman–Crippen MR) is 122 cm³/mol. The third-order valence-electron chi connectivity index (χ3n) is 5.22. The lowest BCUT2D eigenvalue weighted by Gasteiger charge is -2.30. The van der Waals surface area contributed by atoms with E-state index < -0.39 is 10.0 Å². The summed E-state index contributed by atoms with van der Waals surface area (Å²) >= 11 is 5.96. The molecule has 1 saturated heterocycles. The van der Waals surface area contributed by atoms with E-state index in [0.29, 0.717) is 43.1 Å². The number of hydrogen-bond donors (Lipinski definition) is 1. The standard InChI is InChI=1S/C23H29ClN2O4S/c1-17(2)30-22-8-6-18(7-9-22)15-25-23(27)20-10-12-26(13-11-20)31(28,29)16-19-4-3-5-21(24)14-19/h3-9,14,17,20H,10-13,15-16H2,1-2H3,(H,25,27). The van der Waals surface area contributed by atoms with E-state index in [0.717, 1.165) is 11.3 Å². The fourth-order valence-electron chi connectivity index (χ4n) is 3.62. The van der Waals surface area contributed by atoms with Gasteiger partial charge in [0.25, 0.3) is 0 Å². The molecule has 2 aromatic carbocycles. The molecule has 1 N–H and O–H groups in total. The molecular formula is C23H29ClN2O4S. The van der Waals surface area contributed by atoms with E-state index in [1.807, 2.05) is 38.1 Å². The predicted octanol–water partition coefficient (Wildman–Crippen LogP) is 3.99. The van der Waals surface area contributed by atoms with Crippen molar-refractivity contribution in [1.29, 1.82) is 0 Å². The molecule has 168 valence electrons. The number of carbonyl (C=O) groups excluding carboxylic acids is 1. The zero-order valence-corrected chi connectivity index (χ0v) is 19.5. The summed E-state index contributed by atoms with van der Waals surface area (Å²) in [5, 5.41) is 3.48. The summed E-state index contributed by atoms with van der Waals surface area (Å²) in [5.74, 6) is 0.507. The molecule has 1 aliphatic rings. The quantitative estimate of drug-likeness (QED) is 0.641. The Morgan fingerprint density at radius 1 is 1.13 bits per heavy atom. The molecule has 1 fully saturated rings. The van der Waals surface area contributed by atoms with Crippen molar-refractivity contribution in [2.24, 2.45) is 5.92 Å². The van der Waals surface area contributed by atoms with E-state index in [1.165, 1.54) is 4.31 Å². The van der Waals surface area contributed by atoms with E-state index >= 15 is 0 Å². The van der Waals surface area contributed by atoms with Gasteiger partial charge in [0.05, 0.1) is 11.9 Å². The molecular weight excluding hydrogens is 436 g/mol. The van der Waals surface area contributed by atoms with E-state index in [9.17, 15) is 13.2 Å². The highest BCUT2D eigenvalue weighted by Gasteiger charge is 2.31. The molecule has 1 amide bonds. The van der Waals surface area contributed by atoms with E-state index in [1.54, 1.807) is 24.3 Å². The van der Waals surface area contributed by atoms with Crippen LogP contribution in [0, 0.1) is 5.92 Å². The van der Waals surface area contributed by atoms with Crippen LogP contribution in [0.5, 0.6) is 5.75 Å². The number of carbonyl (C=O) groups is 1. The summed E-state index contributed by atoms with van der Waals surface area (Å²) in [5.41, 5.74) is 1.66. The van der Waals surface area contributed by atoms with Gasteiger partial charge in [-0.15, -0.1) is 0 Å². The van der Waals surface area contributed by atoms with Gasteiger partial charge in [-0.05, 0) is 62.1 Å². The molecule has 31 heavy (non-hydrogen) atoms. The summed E-state index contributed by atoms with van der Waals surface area (Å²) in [6, 6.07) is 14.5. The number of sulfonamides is 1. The normalized spacial score (nSPS) is 15.7. The number of amides is 1. The Bertz CT molecular complexity index is 985. The minimum absolute atomic E-state index is 0.0330. The van der Waals surface area contributed by atoms with Gasteiger partial charge in [-0.2, -0.15) is 0 Å². The van der Waals surface area contributed by atoms with E-state index in [-0.39, 0.29) is 23.7 Å². The van der Waals surface area contributed by atoms with Crippen LogP contribution in [0.15, 0.2) is 48.5 Å². The molecule has 0 radical (unpaired) electrons. The van der Waals surface area contributed by atoms with Gasteiger partial charge in [-0.1, -0.05) is 35.9 Å². The molecule has 0 aliphatic carbocycles. The SMILES string of the molecule is CC(C)Oc1ccc(CNC(=O)C2CCN(S(=O)(=O)Cc3cccc(Cl)c3)CC2)cc1. The van der Waals surface area contributed by atoms with Crippen molar-refractivity contribution in [2.45, 2.75) is 45.1 Å². The molecule has 0 saturated carbocycles. The van der Waals surface area contributed by atoms with Crippen molar-refractivity contribution in [3.05, 3.63) is 64.7 Å². The smallest absolute Gasteiger partial charge is 0.223 e. The summed E-state index contributed by atoms with van der Waals surface area (Å²) in [6.45, 7) is 5.09. The summed E-state index contributed by atoms with van der Waals surface area (Å²) in [6.07, 6.45) is 1.15. The number of hydrogen-bond acceptors (Lipinski definition) is 4. The van der Waals surface area contributed by atoms with Crippen molar-refractivity contribution in [1.82, 2.24) is 9.62 Å². The first-order valence-electron chi connectivity index (χ1n) is 10.5. The minimum Gasteiger partial charge on any atom is -0.491 e. The summed E-state index contributed by atoms with van der Waals surface area (Å²) in [4.78, 5) is 12.6. The maximum Gasteiger partial charge on any atom is 0.223 e. The Labute approximate surface area is 189 Å². The Morgan fingerprint density at radius 2 is 1.81 bits per heavy atom. The van der Waals surface area contributed by atoms with E-state index in [4.69, 9.17) is 16.3 Å². The Balaban J connectivity index is 1.47. The van der Waals surface area contributed by atoms with Gasteiger partial charge in [0.2, 0.25) is 15.9 Å². The molecule has 2 aromatic rings. The minimum atomic E-state index is -3.44. The van der Waals surface area contributed by atoms with E-state index in [2.05, 4.69) is 5.32 Å². The largest absolute Gasteiger partial charge is 0.491 e. The molecule has 0 spiro atoms. The molecule has 6 nitrogen and oxygen atoms in total. The van der Waals surface area contributed by atoms with Gasteiger partial charge in [0, 0.05) is 30.6 Å². The Hall–Kier alpha value is -2.09. The number of nitrogens with one attached hydrogen (secondary N) is 1. The second-order valence-corrected chi connectivity index (χ2v) is 10.5. The van der Waals surface area contributed by atoms with Gasteiger partial charge >= 0.3 is 0 Å². The third-order valence-corrected chi connectivity index (χ3v) is 7.30. The number of rotatable bonds is 8. The van der Waals surface area contributed by atoms with Crippen molar-refractivity contribution in [3.8, 4) is 5.75 Å². The van der Waals surface area contributed by atoms with Crippen LogP contribution in [0.4, 0.5) is 0 Å². The third kappa shape index (κ3) is 6.95. The number of benzene rings is 2. The molecule has 0 bridgehead atoms. The highest BCUT2D eigenvalue weighted by molar-refractivity contribution is 7.88. The zero-order chi connectivity index (χ0) is 22.4. The number of piperidine rings is 1. The molecule has 0 unspecified atom stereocenters. The average molecular weight is 465 g/mol. The van der Waals surface area contributed by atoms with Crippen molar-refractivity contribution in [3.63, 3.8) is 0 Å². The first kappa shape index (κ1) is 23.6. The van der Waals surface area contributed by atoms with Crippen LogP contribution in [0.1, 0.15) is 37.8 Å². The lowest BCUT2D eigenvalue weighted by Crippen LogP contribution is -2.43. The number of halogens is 1. The average Bonchev–Trinajstić information content (AvgIpc) is 2.72. The zero-order valence-electron chi connectivity index (χ0n) is 17.9. The highest BCUT2D eigenvalue weighted by Crippen LogP contribution is 2.23. The van der Waals surface area contributed by atoms with Crippen LogP contribution < -0.4 is 10.1 Å². The van der Waals surface area contributed by atoms with Crippen LogP contribution >= 0.6 is 11.6 Å². The Kier molecular flexibility index (Phi) is 7.97. The van der Waals surface area contributed by atoms with Gasteiger partial charge < -0.3 is 10.1 Å². The molecule has 3 rings (SSSR count). The summed E-state index contributed by atoms with van der Waals surface area (Å²) < 4.78 is 32.5. The Morgan fingerprint density at radius 3 is 2.42 bits per heavy atom. The van der Waals surface area contributed by atoms with Crippen molar-refractivity contribution >= 4 is 27.5 Å². The van der Waals surface area contributed by atoms with Gasteiger partial charge in [-0.25, -0.2) is 12.7 Å². The van der Waals surface area contributed by atoms with Gasteiger partial charge in [0.15, 0.2) is 0 Å². The highest BCUT2D eigenvalue weighted by atomic mass is 35.5.